The van der Waals surface area contributed by atoms with E-state index in [0.29, 0.717) is 36.4 Å². The monoisotopic (exact) mass is 516 g/mol. The molecule has 7 nitrogen and oxygen atoms in total. The second-order valence-corrected chi connectivity index (χ2v) is 8.05. The number of hydrogen-bond acceptors (Lipinski definition) is 6. The van der Waals surface area contributed by atoms with Crippen molar-refractivity contribution in [3.63, 3.8) is 0 Å². The summed E-state index contributed by atoms with van der Waals surface area (Å²) in [6, 6.07) is 6.12. The zero-order valence-electron chi connectivity index (χ0n) is 16.4. The highest BCUT2D eigenvalue weighted by Gasteiger charge is 2.25. The van der Waals surface area contributed by atoms with Crippen LogP contribution in [0, 0.1) is 0 Å². The summed E-state index contributed by atoms with van der Waals surface area (Å²) in [6.45, 7) is 5.77. The predicted molar refractivity (Wildman–Crippen MR) is 125 cm³/mol. The minimum atomic E-state index is 0. The van der Waals surface area contributed by atoms with E-state index in [-0.39, 0.29) is 24.0 Å². The molecule has 1 aliphatic carbocycles. The molecule has 0 bridgehead atoms. The van der Waals surface area contributed by atoms with Gasteiger partial charge in [0.25, 0.3) is 5.89 Å². The Labute approximate surface area is 188 Å². The highest BCUT2D eigenvalue weighted by atomic mass is 127. The molecule has 0 saturated heterocycles. The first-order chi connectivity index (χ1) is 13.3. The van der Waals surface area contributed by atoms with Crippen molar-refractivity contribution >= 4 is 41.7 Å². The van der Waals surface area contributed by atoms with Crippen LogP contribution in [0.5, 0.6) is 0 Å². The fourth-order valence-corrected chi connectivity index (χ4v) is 4.33. The Morgan fingerprint density at radius 3 is 2.96 bits per heavy atom. The standard InChI is InChI=1S/C19H28N6OS.HI/c1-3-20-19(23-14-8-9-15(13-14)27-4-2)22-12-10-17-24-18(26-25-17)16-7-5-6-11-21-16;/h5-7,11,14-15H,3-4,8-10,12-13H2,1-2H3,(H2,20,22,23);1H. The topological polar surface area (TPSA) is 88.2 Å². The molecule has 154 valence electrons. The lowest BCUT2D eigenvalue weighted by Gasteiger charge is -2.17. The molecule has 2 unspecified atom stereocenters. The van der Waals surface area contributed by atoms with Crippen LogP contribution in [-0.4, -0.2) is 51.2 Å². The van der Waals surface area contributed by atoms with Crippen LogP contribution in [0.2, 0.25) is 0 Å². The Kier molecular flexibility index (Phi) is 10.0. The van der Waals surface area contributed by atoms with Crippen LogP contribution < -0.4 is 10.6 Å². The third-order valence-electron chi connectivity index (χ3n) is 4.43. The molecule has 9 heteroatoms. The Bertz CT molecular complexity index is 726. The molecule has 0 amide bonds. The number of aliphatic imine (C=N–C) groups is 1. The van der Waals surface area contributed by atoms with Crippen molar-refractivity contribution in [3.8, 4) is 11.6 Å². The number of guanidine groups is 1. The molecule has 2 atom stereocenters. The fourth-order valence-electron chi connectivity index (χ4n) is 3.19. The van der Waals surface area contributed by atoms with Crippen molar-refractivity contribution in [3.05, 3.63) is 30.2 Å². The number of nitrogens with one attached hydrogen (secondary N) is 2. The summed E-state index contributed by atoms with van der Waals surface area (Å²) in [6.07, 6.45) is 6.05. The lowest BCUT2D eigenvalue weighted by Crippen LogP contribution is -2.42. The van der Waals surface area contributed by atoms with Gasteiger partial charge < -0.3 is 15.2 Å². The van der Waals surface area contributed by atoms with Crippen molar-refractivity contribution in [1.82, 2.24) is 25.8 Å². The van der Waals surface area contributed by atoms with Gasteiger partial charge >= 0.3 is 0 Å². The summed E-state index contributed by atoms with van der Waals surface area (Å²) < 4.78 is 5.29. The summed E-state index contributed by atoms with van der Waals surface area (Å²) in [7, 11) is 0. The predicted octanol–water partition coefficient (Wildman–Crippen LogP) is 3.52. The second kappa shape index (κ2) is 12.3. The molecule has 2 N–H and O–H groups in total. The van der Waals surface area contributed by atoms with E-state index in [1.807, 2.05) is 18.2 Å². The van der Waals surface area contributed by atoms with Gasteiger partial charge in [0.05, 0.1) is 0 Å². The third kappa shape index (κ3) is 6.91. The molecule has 0 aliphatic heterocycles. The van der Waals surface area contributed by atoms with E-state index in [1.54, 1.807) is 6.20 Å². The number of nitrogens with zero attached hydrogens (tertiary/aromatic N) is 4. The van der Waals surface area contributed by atoms with Gasteiger partial charge in [-0.3, -0.25) is 9.98 Å². The van der Waals surface area contributed by atoms with Crippen LogP contribution >= 0.6 is 35.7 Å². The van der Waals surface area contributed by atoms with Gasteiger partial charge in [0.1, 0.15) is 5.69 Å². The van der Waals surface area contributed by atoms with Gasteiger partial charge in [-0.25, -0.2) is 0 Å². The van der Waals surface area contributed by atoms with Crippen molar-refractivity contribution < 1.29 is 4.52 Å². The van der Waals surface area contributed by atoms with Gasteiger partial charge in [0.2, 0.25) is 0 Å². The maximum atomic E-state index is 5.29. The van der Waals surface area contributed by atoms with Gasteiger partial charge in [-0.05, 0) is 44.1 Å². The first kappa shape index (κ1) is 22.9. The van der Waals surface area contributed by atoms with Crippen molar-refractivity contribution in [2.24, 2.45) is 4.99 Å². The zero-order valence-corrected chi connectivity index (χ0v) is 19.6. The molecular weight excluding hydrogens is 487 g/mol. The van der Waals surface area contributed by atoms with E-state index in [9.17, 15) is 0 Å². The normalized spacial score (nSPS) is 19.3. The lowest BCUT2D eigenvalue weighted by molar-refractivity contribution is 0.421. The van der Waals surface area contributed by atoms with Gasteiger partial charge in [-0.2, -0.15) is 16.7 Å². The minimum absolute atomic E-state index is 0. The molecule has 0 aromatic carbocycles. The summed E-state index contributed by atoms with van der Waals surface area (Å²) in [5, 5.41) is 11.7. The van der Waals surface area contributed by atoms with Gasteiger partial charge in [0, 0.05) is 37.0 Å². The number of rotatable bonds is 8. The molecule has 2 heterocycles. The minimum Gasteiger partial charge on any atom is -0.357 e. The summed E-state index contributed by atoms with van der Waals surface area (Å²) >= 11 is 2.07. The van der Waals surface area contributed by atoms with E-state index < -0.39 is 0 Å². The van der Waals surface area contributed by atoms with Crippen molar-refractivity contribution in [1.29, 1.82) is 0 Å². The van der Waals surface area contributed by atoms with Gasteiger partial charge in [-0.1, -0.05) is 18.1 Å². The molecule has 1 fully saturated rings. The number of hydrogen-bond donors (Lipinski definition) is 2. The van der Waals surface area contributed by atoms with Crippen LogP contribution in [0.25, 0.3) is 11.6 Å². The smallest absolute Gasteiger partial charge is 0.276 e. The van der Waals surface area contributed by atoms with E-state index in [0.717, 1.165) is 17.8 Å². The highest BCUT2D eigenvalue weighted by Crippen LogP contribution is 2.29. The van der Waals surface area contributed by atoms with Gasteiger partial charge in [-0.15, -0.1) is 24.0 Å². The van der Waals surface area contributed by atoms with E-state index in [4.69, 9.17) is 4.52 Å². The van der Waals surface area contributed by atoms with Crippen LogP contribution in [-0.2, 0) is 6.42 Å². The highest BCUT2D eigenvalue weighted by molar-refractivity contribution is 14.0. The van der Waals surface area contributed by atoms with Gasteiger partial charge in [0.15, 0.2) is 11.8 Å². The second-order valence-electron chi connectivity index (χ2n) is 6.47. The third-order valence-corrected chi connectivity index (χ3v) is 5.66. The average molecular weight is 516 g/mol. The molecule has 0 spiro atoms. The molecule has 28 heavy (non-hydrogen) atoms. The van der Waals surface area contributed by atoms with E-state index in [1.165, 1.54) is 25.0 Å². The van der Waals surface area contributed by atoms with Crippen LogP contribution in [0.4, 0.5) is 0 Å². The SMILES string of the molecule is CCNC(=NCCc1noc(-c2ccccn2)n1)NC1CCC(SCC)C1.I. The Hall–Kier alpha value is -1.36. The molecule has 2 aromatic rings. The van der Waals surface area contributed by atoms with Crippen molar-refractivity contribution in [2.45, 2.75) is 50.8 Å². The molecule has 2 aromatic heterocycles. The van der Waals surface area contributed by atoms with Crippen LogP contribution in [0.1, 0.15) is 38.9 Å². The lowest BCUT2D eigenvalue weighted by atomic mass is 10.2. The molecule has 1 saturated carbocycles. The quantitative estimate of drug-likeness (QED) is 0.315. The molecule has 3 rings (SSSR count). The van der Waals surface area contributed by atoms with E-state index in [2.05, 4.69) is 56.4 Å². The number of pyridine rings is 1. The van der Waals surface area contributed by atoms with E-state index >= 15 is 0 Å². The molecule has 1 aliphatic rings. The number of aromatic nitrogens is 3. The molecular formula is C19H29IN6OS. The average Bonchev–Trinajstić information content (AvgIpc) is 3.33. The fraction of sp³-hybridized carbons (Fsp3) is 0.579. The first-order valence-corrected chi connectivity index (χ1v) is 10.7. The number of thioether (sulfide) groups is 1. The zero-order chi connectivity index (χ0) is 18.9. The summed E-state index contributed by atoms with van der Waals surface area (Å²) in [4.78, 5) is 13.3. The maximum absolute atomic E-state index is 5.29. The largest absolute Gasteiger partial charge is 0.357 e. The van der Waals surface area contributed by atoms with Crippen LogP contribution in [0.3, 0.4) is 0 Å². The summed E-state index contributed by atoms with van der Waals surface area (Å²) in [5.74, 6) is 3.16. The maximum Gasteiger partial charge on any atom is 0.276 e. The molecule has 0 radical (unpaired) electrons. The Morgan fingerprint density at radius 2 is 2.21 bits per heavy atom. The van der Waals surface area contributed by atoms with Crippen molar-refractivity contribution in [2.75, 3.05) is 18.8 Å². The van der Waals surface area contributed by atoms with Crippen LogP contribution in [0.15, 0.2) is 33.9 Å². The Morgan fingerprint density at radius 1 is 1.32 bits per heavy atom. The Balaban J connectivity index is 0.00000280. The summed E-state index contributed by atoms with van der Waals surface area (Å²) in [5.41, 5.74) is 0.690. The first-order valence-electron chi connectivity index (χ1n) is 9.69. The number of halogens is 1.